The van der Waals surface area contributed by atoms with E-state index in [2.05, 4.69) is 5.32 Å². The maximum Gasteiger partial charge on any atom is 0.227 e. The Morgan fingerprint density at radius 3 is 2.24 bits per heavy atom. The minimum absolute atomic E-state index is 0.0148. The summed E-state index contributed by atoms with van der Waals surface area (Å²) in [6, 6.07) is 0. The van der Waals surface area contributed by atoms with Gasteiger partial charge in [-0.25, -0.2) is 0 Å². The Labute approximate surface area is 104 Å². The first-order valence-corrected chi connectivity index (χ1v) is 6.59. The lowest BCUT2D eigenvalue weighted by Crippen LogP contribution is -2.54. The average molecular weight is 242 g/mol. The Morgan fingerprint density at radius 2 is 1.82 bits per heavy atom. The van der Waals surface area contributed by atoms with Crippen LogP contribution in [0.4, 0.5) is 0 Å². The van der Waals surface area contributed by atoms with Crippen LogP contribution in [-0.2, 0) is 4.79 Å². The topological polar surface area (TPSA) is 75.3 Å². The molecular formula is C13H26N2O2. The Morgan fingerprint density at radius 1 is 1.29 bits per heavy atom. The molecular weight excluding hydrogens is 216 g/mol. The molecule has 0 aromatic carbocycles. The molecule has 0 bridgehead atoms. The lowest BCUT2D eigenvalue weighted by Gasteiger charge is -2.34. The van der Waals surface area contributed by atoms with Crippen LogP contribution in [-0.4, -0.2) is 29.7 Å². The highest BCUT2D eigenvalue weighted by atomic mass is 16.3. The van der Waals surface area contributed by atoms with Crippen LogP contribution in [0.15, 0.2) is 0 Å². The minimum Gasteiger partial charge on any atom is -0.394 e. The van der Waals surface area contributed by atoms with Crippen LogP contribution in [0.1, 0.15) is 52.4 Å². The summed E-state index contributed by atoms with van der Waals surface area (Å²) in [5.41, 5.74) is 4.87. The fourth-order valence-corrected chi connectivity index (χ4v) is 2.41. The first-order valence-electron chi connectivity index (χ1n) is 6.59. The van der Waals surface area contributed by atoms with Crippen LogP contribution in [0.3, 0.4) is 0 Å². The van der Waals surface area contributed by atoms with Crippen molar-refractivity contribution in [3.05, 3.63) is 0 Å². The van der Waals surface area contributed by atoms with E-state index in [1.54, 1.807) is 0 Å². The van der Waals surface area contributed by atoms with Gasteiger partial charge in [0.15, 0.2) is 0 Å². The summed E-state index contributed by atoms with van der Waals surface area (Å²) in [5, 5.41) is 12.1. The predicted octanol–water partition coefficient (Wildman–Crippen LogP) is 1.17. The number of rotatable bonds is 4. The molecule has 1 aliphatic rings. The van der Waals surface area contributed by atoms with Gasteiger partial charge in [0.2, 0.25) is 5.91 Å². The molecule has 100 valence electrons. The van der Waals surface area contributed by atoms with Crippen LogP contribution in [0.2, 0.25) is 0 Å². The molecule has 0 heterocycles. The second-order valence-corrected chi connectivity index (χ2v) is 5.89. The first-order chi connectivity index (χ1) is 7.96. The average Bonchev–Trinajstić information content (AvgIpc) is 2.54. The third-order valence-electron chi connectivity index (χ3n) is 3.78. The summed E-state index contributed by atoms with van der Waals surface area (Å²) in [7, 11) is 0. The number of amides is 1. The molecule has 1 aliphatic carbocycles. The molecule has 0 aromatic heterocycles. The Hall–Kier alpha value is -0.610. The zero-order chi connectivity index (χ0) is 12.9. The van der Waals surface area contributed by atoms with Gasteiger partial charge in [0.1, 0.15) is 0 Å². The van der Waals surface area contributed by atoms with Gasteiger partial charge in [-0.2, -0.15) is 0 Å². The molecule has 4 nitrogen and oxygen atoms in total. The van der Waals surface area contributed by atoms with E-state index in [1.807, 2.05) is 13.8 Å². The van der Waals surface area contributed by atoms with Crippen molar-refractivity contribution in [1.82, 2.24) is 5.32 Å². The number of aliphatic hydroxyl groups excluding tert-OH is 1. The van der Waals surface area contributed by atoms with Crippen molar-refractivity contribution < 1.29 is 9.90 Å². The lowest BCUT2D eigenvalue weighted by molar-refractivity contribution is -0.133. The van der Waals surface area contributed by atoms with Crippen LogP contribution in [0.5, 0.6) is 0 Å². The van der Waals surface area contributed by atoms with Crippen LogP contribution in [0, 0.1) is 5.41 Å². The zero-order valence-electron chi connectivity index (χ0n) is 11.1. The summed E-state index contributed by atoms with van der Waals surface area (Å²) in [6.45, 7) is 4.00. The Balaban J connectivity index is 2.74. The van der Waals surface area contributed by atoms with E-state index < -0.39 is 11.0 Å². The fraction of sp³-hybridized carbons (Fsp3) is 0.923. The van der Waals surface area contributed by atoms with E-state index in [4.69, 9.17) is 5.73 Å². The molecule has 1 saturated carbocycles. The Kier molecular flexibility index (Phi) is 4.95. The zero-order valence-corrected chi connectivity index (χ0v) is 11.1. The normalized spacial score (nSPS) is 20.7. The molecule has 17 heavy (non-hydrogen) atoms. The molecule has 0 aromatic rings. The summed E-state index contributed by atoms with van der Waals surface area (Å²) < 4.78 is 0. The maximum atomic E-state index is 12.4. The van der Waals surface area contributed by atoms with E-state index in [-0.39, 0.29) is 12.5 Å². The SMILES string of the molecule is CC(C)(CO)NC(=O)C1(CN)CCCCCC1. The number of nitrogens with one attached hydrogen (secondary N) is 1. The first kappa shape index (κ1) is 14.5. The van der Waals surface area contributed by atoms with Gasteiger partial charge in [0.25, 0.3) is 0 Å². The van der Waals surface area contributed by atoms with Crippen LogP contribution in [0.25, 0.3) is 0 Å². The molecule has 4 N–H and O–H groups in total. The maximum absolute atomic E-state index is 12.4. The standard InChI is InChI=1S/C13H26N2O2/c1-12(2,10-16)15-11(17)13(9-14)7-5-3-4-6-8-13/h16H,3-10,14H2,1-2H3,(H,15,17). The fourth-order valence-electron chi connectivity index (χ4n) is 2.41. The third-order valence-corrected chi connectivity index (χ3v) is 3.78. The molecule has 0 saturated heterocycles. The van der Waals surface area contributed by atoms with E-state index >= 15 is 0 Å². The van der Waals surface area contributed by atoms with E-state index in [0.717, 1.165) is 25.7 Å². The summed E-state index contributed by atoms with van der Waals surface area (Å²) in [6.07, 6.45) is 6.28. The highest BCUT2D eigenvalue weighted by molar-refractivity contribution is 5.83. The van der Waals surface area contributed by atoms with Crippen LogP contribution >= 0.6 is 0 Å². The molecule has 1 rings (SSSR count). The molecule has 0 atom stereocenters. The second-order valence-electron chi connectivity index (χ2n) is 5.89. The van der Waals surface area contributed by atoms with Crippen molar-refractivity contribution in [1.29, 1.82) is 0 Å². The molecule has 1 amide bonds. The largest absolute Gasteiger partial charge is 0.394 e. The van der Waals surface area contributed by atoms with Gasteiger partial charge in [-0.3, -0.25) is 4.79 Å². The van der Waals surface area contributed by atoms with Crippen LogP contribution < -0.4 is 11.1 Å². The predicted molar refractivity (Wildman–Crippen MR) is 68.5 cm³/mol. The molecule has 0 aliphatic heterocycles. The summed E-state index contributed by atoms with van der Waals surface area (Å²) >= 11 is 0. The van der Waals surface area contributed by atoms with Crippen molar-refractivity contribution in [3.8, 4) is 0 Å². The summed E-state index contributed by atoms with van der Waals surface area (Å²) in [4.78, 5) is 12.4. The van der Waals surface area contributed by atoms with Crippen molar-refractivity contribution in [2.45, 2.75) is 57.9 Å². The number of nitrogens with two attached hydrogens (primary N) is 1. The van der Waals surface area contributed by atoms with Gasteiger partial charge in [0, 0.05) is 6.54 Å². The van der Waals surface area contributed by atoms with Crippen molar-refractivity contribution in [3.63, 3.8) is 0 Å². The Bertz CT molecular complexity index is 256. The van der Waals surface area contributed by atoms with Gasteiger partial charge in [-0.15, -0.1) is 0 Å². The quantitative estimate of drug-likeness (QED) is 0.648. The van der Waals surface area contributed by atoms with Gasteiger partial charge in [0.05, 0.1) is 17.6 Å². The van der Waals surface area contributed by atoms with Crippen molar-refractivity contribution >= 4 is 5.91 Å². The lowest BCUT2D eigenvalue weighted by atomic mass is 9.79. The van der Waals surface area contributed by atoms with E-state index in [9.17, 15) is 9.90 Å². The van der Waals surface area contributed by atoms with Crippen molar-refractivity contribution in [2.24, 2.45) is 11.1 Å². The molecule has 1 fully saturated rings. The van der Waals surface area contributed by atoms with Gasteiger partial charge in [-0.1, -0.05) is 25.7 Å². The highest BCUT2D eigenvalue weighted by Gasteiger charge is 2.39. The third kappa shape index (κ3) is 3.68. The van der Waals surface area contributed by atoms with Gasteiger partial charge in [-0.05, 0) is 26.7 Å². The highest BCUT2D eigenvalue weighted by Crippen LogP contribution is 2.34. The molecule has 0 unspecified atom stereocenters. The minimum atomic E-state index is -0.564. The second kappa shape index (κ2) is 5.83. The number of carbonyl (C=O) groups is 1. The molecule has 4 heteroatoms. The van der Waals surface area contributed by atoms with Crippen molar-refractivity contribution in [2.75, 3.05) is 13.2 Å². The molecule has 0 radical (unpaired) electrons. The molecule has 0 spiro atoms. The van der Waals surface area contributed by atoms with E-state index in [1.165, 1.54) is 12.8 Å². The monoisotopic (exact) mass is 242 g/mol. The van der Waals surface area contributed by atoms with Gasteiger partial charge < -0.3 is 16.2 Å². The smallest absolute Gasteiger partial charge is 0.227 e. The number of hydrogen-bond donors (Lipinski definition) is 3. The summed E-state index contributed by atoms with van der Waals surface area (Å²) in [5.74, 6) is 0.0148. The van der Waals surface area contributed by atoms with Gasteiger partial charge >= 0.3 is 0 Å². The number of aliphatic hydroxyl groups is 1. The number of carbonyl (C=O) groups excluding carboxylic acids is 1. The van der Waals surface area contributed by atoms with E-state index in [0.29, 0.717) is 6.54 Å². The number of hydrogen-bond acceptors (Lipinski definition) is 3.